The van der Waals surface area contributed by atoms with Crippen LogP contribution in [0, 0.1) is 0 Å². The molecule has 0 saturated carbocycles. The Bertz CT molecular complexity index is 547. The normalized spacial score (nSPS) is 10.7. The van der Waals surface area contributed by atoms with Gasteiger partial charge in [0.25, 0.3) is 0 Å². The summed E-state index contributed by atoms with van der Waals surface area (Å²) in [6.07, 6.45) is 5.21. The molecule has 0 aliphatic rings. The zero-order valence-corrected chi connectivity index (χ0v) is 10.5. The van der Waals surface area contributed by atoms with Gasteiger partial charge < -0.3 is 10.3 Å². The van der Waals surface area contributed by atoms with E-state index in [4.69, 9.17) is 5.73 Å². The van der Waals surface area contributed by atoms with Gasteiger partial charge in [-0.2, -0.15) is 5.10 Å². The molecule has 3 N–H and O–H groups in total. The lowest BCUT2D eigenvalue weighted by atomic mass is 10.2. The fraction of sp³-hybridized carbons (Fsp3) is 0.0833. The van der Waals surface area contributed by atoms with Crippen LogP contribution in [0.25, 0.3) is 0 Å². The lowest BCUT2D eigenvalue weighted by molar-refractivity contribution is 0.788. The molecule has 6 heteroatoms. The second-order valence-corrected chi connectivity index (χ2v) is 4.07. The first-order valence-electron chi connectivity index (χ1n) is 5.39. The molecule has 0 atom stereocenters. The van der Waals surface area contributed by atoms with Crippen molar-refractivity contribution in [2.45, 2.75) is 6.54 Å². The van der Waals surface area contributed by atoms with Crippen molar-refractivity contribution in [3.05, 3.63) is 54.1 Å². The summed E-state index contributed by atoms with van der Waals surface area (Å²) in [6.45, 7) is 0.745. The highest BCUT2D eigenvalue weighted by molar-refractivity contribution is 7.80. The predicted molar refractivity (Wildman–Crippen MR) is 75.3 cm³/mol. The van der Waals surface area contributed by atoms with Crippen molar-refractivity contribution in [1.82, 2.24) is 15.0 Å². The van der Waals surface area contributed by atoms with Crippen LogP contribution in [0.4, 0.5) is 0 Å². The van der Waals surface area contributed by atoms with Gasteiger partial charge in [0.1, 0.15) is 0 Å². The third kappa shape index (κ3) is 3.39. The number of aromatic nitrogens is 2. The van der Waals surface area contributed by atoms with Gasteiger partial charge in [-0.3, -0.25) is 5.43 Å². The van der Waals surface area contributed by atoms with E-state index < -0.39 is 0 Å². The number of hydrazone groups is 1. The van der Waals surface area contributed by atoms with E-state index in [2.05, 4.69) is 39.9 Å². The molecule has 0 aliphatic heterocycles. The Morgan fingerprint density at radius 3 is 2.94 bits per heavy atom. The first-order chi connectivity index (χ1) is 8.75. The standard InChI is InChI=1S/C12H13N5S/c13-12(18)16-15-8-11-14-6-7-17(11)9-10-4-2-1-3-5-10/h1-8H,9H2,(H3,13,16,18). The van der Waals surface area contributed by atoms with Gasteiger partial charge in [0, 0.05) is 18.9 Å². The summed E-state index contributed by atoms with van der Waals surface area (Å²) >= 11 is 4.65. The molecule has 18 heavy (non-hydrogen) atoms. The minimum atomic E-state index is 0.132. The van der Waals surface area contributed by atoms with Gasteiger partial charge in [-0.1, -0.05) is 30.3 Å². The summed E-state index contributed by atoms with van der Waals surface area (Å²) in [5, 5.41) is 4.02. The lowest BCUT2D eigenvalue weighted by Crippen LogP contribution is -2.24. The zero-order valence-electron chi connectivity index (χ0n) is 9.65. The molecule has 2 aromatic rings. The van der Waals surface area contributed by atoms with Crippen LogP contribution in [0.3, 0.4) is 0 Å². The molecule has 1 aromatic heterocycles. The van der Waals surface area contributed by atoms with Gasteiger partial charge in [0.15, 0.2) is 10.9 Å². The summed E-state index contributed by atoms with van der Waals surface area (Å²) in [7, 11) is 0. The van der Waals surface area contributed by atoms with Crippen molar-refractivity contribution in [2.75, 3.05) is 0 Å². The van der Waals surface area contributed by atoms with Gasteiger partial charge in [-0.05, 0) is 17.8 Å². The highest BCUT2D eigenvalue weighted by Gasteiger charge is 2.00. The van der Waals surface area contributed by atoms with E-state index in [1.165, 1.54) is 5.56 Å². The molecule has 5 nitrogen and oxygen atoms in total. The molecular formula is C12H13N5S. The van der Waals surface area contributed by atoms with E-state index in [9.17, 15) is 0 Å². The quantitative estimate of drug-likeness (QED) is 0.490. The number of benzene rings is 1. The molecule has 0 aliphatic carbocycles. The summed E-state index contributed by atoms with van der Waals surface area (Å²) in [4.78, 5) is 4.20. The Kier molecular flexibility index (Phi) is 4.03. The van der Waals surface area contributed by atoms with Gasteiger partial charge in [0.2, 0.25) is 0 Å². The molecule has 2 rings (SSSR count). The van der Waals surface area contributed by atoms with E-state index in [1.807, 2.05) is 29.0 Å². The number of nitrogens with one attached hydrogen (secondary N) is 1. The molecule has 0 amide bonds. The van der Waals surface area contributed by atoms with Crippen molar-refractivity contribution in [3.63, 3.8) is 0 Å². The summed E-state index contributed by atoms with van der Waals surface area (Å²) in [5.74, 6) is 0.739. The minimum absolute atomic E-state index is 0.132. The van der Waals surface area contributed by atoms with Gasteiger partial charge in [0.05, 0.1) is 6.21 Å². The van der Waals surface area contributed by atoms with Crippen LogP contribution in [0.15, 0.2) is 47.8 Å². The van der Waals surface area contributed by atoms with Crippen LogP contribution in [0.5, 0.6) is 0 Å². The lowest BCUT2D eigenvalue weighted by Gasteiger charge is -2.04. The molecule has 0 saturated heterocycles. The monoisotopic (exact) mass is 259 g/mol. The molecule has 0 spiro atoms. The maximum absolute atomic E-state index is 5.27. The number of hydrogen-bond acceptors (Lipinski definition) is 3. The smallest absolute Gasteiger partial charge is 0.184 e. The van der Waals surface area contributed by atoms with Crippen molar-refractivity contribution < 1.29 is 0 Å². The third-order valence-corrected chi connectivity index (χ3v) is 2.39. The Morgan fingerprint density at radius 2 is 2.22 bits per heavy atom. The summed E-state index contributed by atoms with van der Waals surface area (Å²) in [6, 6.07) is 10.1. The maximum atomic E-state index is 5.27. The number of imidazole rings is 1. The molecule has 92 valence electrons. The zero-order chi connectivity index (χ0) is 12.8. The van der Waals surface area contributed by atoms with Crippen LogP contribution >= 0.6 is 12.2 Å². The number of rotatable bonds is 4. The van der Waals surface area contributed by atoms with Crippen molar-refractivity contribution in [2.24, 2.45) is 10.8 Å². The molecule has 0 fully saturated rings. The molecule has 1 heterocycles. The topological polar surface area (TPSA) is 68.2 Å². The Labute approximate surface area is 110 Å². The second kappa shape index (κ2) is 5.92. The fourth-order valence-electron chi connectivity index (χ4n) is 1.52. The summed E-state index contributed by atoms with van der Waals surface area (Å²) in [5.41, 5.74) is 8.97. The van der Waals surface area contributed by atoms with Gasteiger partial charge in [-0.25, -0.2) is 4.98 Å². The largest absolute Gasteiger partial charge is 0.375 e. The van der Waals surface area contributed by atoms with Crippen LogP contribution in [0.1, 0.15) is 11.4 Å². The number of nitrogens with zero attached hydrogens (tertiary/aromatic N) is 3. The van der Waals surface area contributed by atoms with Crippen LogP contribution < -0.4 is 11.2 Å². The molecule has 0 radical (unpaired) electrons. The molecule has 1 aromatic carbocycles. The van der Waals surface area contributed by atoms with E-state index in [0.29, 0.717) is 0 Å². The average molecular weight is 259 g/mol. The molecular weight excluding hydrogens is 246 g/mol. The fourth-order valence-corrected chi connectivity index (χ4v) is 1.57. The maximum Gasteiger partial charge on any atom is 0.184 e. The van der Waals surface area contributed by atoms with E-state index in [0.717, 1.165) is 12.4 Å². The van der Waals surface area contributed by atoms with Crippen molar-refractivity contribution in [1.29, 1.82) is 0 Å². The van der Waals surface area contributed by atoms with E-state index >= 15 is 0 Å². The van der Waals surface area contributed by atoms with Crippen molar-refractivity contribution >= 4 is 23.5 Å². The minimum Gasteiger partial charge on any atom is -0.375 e. The second-order valence-electron chi connectivity index (χ2n) is 3.63. The first kappa shape index (κ1) is 12.3. The number of hydrogen-bond donors (Lipinski definition) is 2. The Hall–Kier alpha value is -2.21. The van der Waals surface area contributed by atoms with Crippen LogP contribution in [-0.2, 0) is 6.54 Å². The SMILES string of the molecule is NC(=S)NN=Cc1nccn1Cc1ccccc1. The Balaban J connectivity index is 2.08. The van der Waals surface area contributed by atoms with E-state index in [1.54, 1.807) is 12.4 Å². The predicted octanol–water partition coefficient (Wildman–Crippen LogP) is 1.10. The first-order valence-corrected chi connectivity index (χ1v) is 5.80. The van der Waals surface area contributed by atoms with E-state index in [-0.39, 0.29) is 5.11 Å². The Morgan fingerprint density at radius 1 is 1.44 bits per heavy atom. The van der Waals surface area contributed by atoms with Crippen molar-refractivity contribution in [3.8, 4) is 0 Å². The summed E-state index contributed by atoms with van der Waals surface area (Å²) < 4.78 is 1.99. The van der Waals surface area contributed by atoms with Gasteiger partial charge >= 0.3 is 0 Å². The van der Waals surface area contributed by atoms with Crippen LogP contribution in [-0.4, -0.2) is 20.9 Å². The average Bonchev–Trinajstić information content (AvgIpc) is 2.78. The molecule has 0 unspecified atom stereocenters. The van der Waals surface area contributed by atoms with Crippen LogP contribution in [0.2, 0.25) is 0 Å². The highest BCUT2D eigenvalue weighted by Crippen LogP contribution is 2.04. The number of nitrogens with two attached hydrogens (primary N) is 1. The third-order valence-electron chi connectivity index (χ3n) is 2.30. The highest BCUT2D eigenvalue weighted by atomic mass is 32.1. The molecule has 0 bridgehead atoms. The number of thiocarbonyl (C=S) groups is 1. The van der Waals surface area contributed by atoms with Gasteiger partial charge in [-0.15, -0.1) is 0 Å².